The number of cyclic esters (lactones) is 1. The van der Waals surface area contributed by atoms with Gasteiger partial charge in [0.25, 0.3) is 5.69 Å². The van der Waals surface area contributed by atoms with Gasteiger partial charge in [-0.15, -0.1) is 0 Å². The number of aromatic nitrogens is 3. The fraction of sp³-hybridized carbons (Fsp3) is 0.0833. The molecule has 0 spiro atoms. The van der Waals surface area contributed by atoms with Crippen LogP contribution in [-0.2, 0) is 11.8 Å². The number of hydrogen-bond donors (Lipinski definition) is 0. The van der Waals surface area contributed by atoms with Crippen LogP contribution in [0.3, 0.4) is 0 Å². The zero-order valence-corrected chi connectivity index (χ0v) is 10.6. The number of nitro benzene ring substituents is 1. The Hall–Kier alpha value is -3.10. The average molecular weight is 290 g/mol. The van der Waals surface area contributed by atoms with Crippen molar-refractivity contribution in [1.29, 1.82) is 0 Å². The van der Waals surface area contributed by atoms with Gasteiger partial charge < -0.3 is 4.74 Å². The van der Waals surface area contributed by atoms with E-state index in [9.17, 15) is 19.3 Å². The fourth-order valence-electron chi connectivity index (χ4n) is 2.02. The normalized spacial score (nSPS) is 15.1. The van der Waals surface area contributed by atoms with E-state index >= 15 is 0 Å². The Bertz CT molecular complexity index is 812. The van der Waals surface area contributed by atoms with E-state index in [2.05, 4.69) is 10.1 Å². The Kier molecular flexibility index (Phi) is 2.75. The zero-order chi connectivity index (χ0) is 15.1. The molecule has 0 radical (unpaired) electrons. The summed E-state index contributed by atoms with van der Waals surface area (Å²) in [5, 5.41) is 14.9. The highest BCUT2D eigenvalue weighted by molar-refractivity contribution is 6.07. The molecule has 1 aliphatic heterocycles. The first-order valence-electron chi connectivity index (χ1n) is 5.73. The molecule has 1 aromatic carbocycles. The quantitative estimate of drug-likeness (QED) is 0.472. The van der Waals surface area contributed by atoms with Gasteiger partial charge in [0.1, 0.15) is 23.5 Å². The molecule has 0 atom stereocenters. The van der Waals surface area contributed by atoms with Gasteiger partial charge in [0.15, 0.2) is 5.82 Å². The Labute approximate surface area is 116 Å². The van der Waals surface area contributed by atoms with E-state index in [-0.39, 0.29) is 16.9 Å². The summed E-state index contributed by atoms with van der Waals surface area (Å²) < 4.78 is 19.7. The lowest BCUT2D eigenvalue weighted by Crippen LogP contribution is -1.98. The molecular formula is C12H7FN4O4. The van der Waals surface area contributed by atoms with Crippen LogP contribution in [0.5, 0.6) is 0 Å². The van der Waals surface area contributed by atoms with Crippen molar-refractivity contribution >= 4 is 23.5 Å². The van der Waals surface area contributed by atoms with Crippen molar-refractivity contribution in [2.24, 2.45) is 7.05 Å². The van der Waals surface area contributed by atoms with Crippen LogP contribution in [0.4, 0.5) is 10.1 Å². The minimum atomic E-state index is -0.877. The number of halogens is 1. The number of nitrogens with zero attached hydrogens (tertiary/aromatic N) is 4. The van der Waals surface area contributed by atoms with Crippen molar-refractivity contribution in [3.8, 4) is 0 Å². The molecule has 9 heteroatoms. The number of hydrogen-bond acceptors (Lipinski definition) is 6. The molecule has 0 N–H and O–H groups in total. The number of nitro groups is 1. The Balaban J connectivity index is 2.24. The van der Waals surface area contributed by atoms with Gasteiger partial charge in [-0.05, 0) is 6.07 Å². The van der Waals surface area contributed by atoms with E-state index in [1.807, 2.05) is 0 Å². The van der Waals surface area contributed by atoms with E-state index in [0.717, 1.165) is 12.1 Å². The highest BCUT2D eigenvalue weighted by Crippen LogP contribution is 2.38. The van der Waals surface area contributed by atoms with E-state index < -0.39 is 22.4 Å². The Morgan fingerprint density at radius 2 is 2.24 bits per heavy atom. The minimum Gasteiger partial charge on any atom is -0.422 e. The number of fused-ring (bicyclic) bond motifs is 1. The summed E-state index contributed by atoms with van der Waals surface area (Å²) in [6, 6.07) is 1.65. The van der Waals surface area contributed by atoms with Crippen molar-refractivity contribution in [1.82, 2.24) is 14.8 Å². The van der Waals surface area contributed by atoms with Crippen LogP contribution in [-0.4, -0.2) is 25.7 Å². The smallest absolute Gasteiger partial charge is 0.344 e. The molecule has 3 rings (SSSR count). The maximum absolute atomic E-state index is 13.4. The van der Waals surface area contributed by atoms with Crippen LogP contribution in [0.2, 0.25) is 0 Å². The molecule has 2 heterocycles. The second-order valence-corrected chi connectivity index (χ2v) is 4.24. The van der Waals surface area contributed by atoms with E-state index in [0.29, 0.717) is 5.82 Å². The standard InChI is InChI=1S/C12H7FN4O4/c1-16-10(14-5-15-16)4-9-11-7(12(18)21-9)2-6(13)3-8(11)17(19)20/h2-5H,1H3/b9-4-. The maximum Gasteiger partial charge on any atom is 0.344 e. The van der Waals surface area contributed by atoms with Crippen LogP contribution in [0.1, 0.15) is 21.7 Å². The van der Waals surface area contributed by atoms with E-state index in [1.54, 1.807) is 7.05 Å². The highest BCUT2D eigenvalue weighted by atomic mass is 19.1. The molecule has 1 aromatic heterocycles. The largest absolute Gasteiger partial charge is 0.422 e. The van der Waals surface area contributed by atoms with Gasteiger partial charge >= 0.3 is 5.97 Å². The number of rotatable bonds is 2. The molecular weight excluding hydrogens is 283 g/mol. The van der Waals surface area contributed by atoms with Crippen molar-refractivity contribution in [2.45, 2.75) is 0 Å². The molecule has 8 nitrogen and oxygen atoms in total. The molecule has 106 valence electrons. The van der Waals surface area contributed by atoms with Gasteiger partial charge in [-0.25, -0.2) is 18.9 Å². The lowest BCUT2D eigenvalue weighted by Gasteiger charge is -2.00. The van der Waals surface area contributed by atoms with Crippen LogP contribution in [0, 0.1) is 15.9 Å². The lowest BCUT2D eigenvalue weighted by molar-refractivity contribution is -0.385. The lowest BCUT2D eigenvalue weighted by atomic mass is 10.1. The molecule has 0 saturated carbocycles. The van der Waals surface area contributed by atoms with Gasteiger partial charge in [-0.1, -0.05) is 0 Å². The number of esters is 1. The number of aryl methyl sites for hydroxylation is 1. The first-order valence-corrected chi connectivity index (χ1v) is 5.73. The molecule has 1 aliphatic rings. The van der Waals surface area contributed by atoms with Crippen LogP contribution in [0.15, 0.2) is 18.5 Å². The third kappa shape index (κ3) is 2.04. The molecule has 0 saturated heterocycles. The monoisotopic (exact) mass is 290 g/mol. The number of ether oxygens (including phenoxy) is 1. The van der Waals surface area contributed by atoms with Gasteiger partial charge in [-0.3, -0.25) is 10.1 Å². The molecule has 0 unspecified atom stereocenters. The summed E-state index contributed by atoms with van der Waals surface area (Å²) >= 11 is 0. The molecule has 0 amide bonds. The van der Waals surface area contributed by atoms with Crippen molar-refractivity contribution < 1.29 is 18.8 Å². The summed E-state index contributed by atoms with van der Waals surface area (Å²) in [6.45, 7) is 0. The second-order valence-electron chi connectivity index (χ2n) is 4.24. The summed E-state index contributed by atoms with van der Waals surface area (Å²) in [5.41, 5.74) is -0.784. The first-order chi connectivity index (χ1) is 9.97. The molecule has 0 bridgehead atoms. The van der Waals surface area contributed by atoms with E-state index in [1.165, 1.54) is 17.1 Å². The second kappa shape index (κ2) is 4.47. The summed E-state index contributed by atoms with van der Waals surface area (Å²) in [7, 11) is 1.61. The summed E-state index contributed by atoms with van der Waals surface area (Å²) in [4.78, 5) is 25.9. The molecule has 21 heavy (non-hydrogen) atoms. The summed E-state index contributed by atoms with van der Waals surface area (Å²) in [6.07, 6.45) is 2.62. The predicted octanol–water partition coefficient (Wildman–Crippen LogP) is 1.53. The van der Waals surface area contributed by atoms with Crippen molar-refractivity contribution in [3.63, 3.8) is 0 Å². The van der Waals surface area contributed by atoms with Gasteiger partial charge in [0.05, 0.1) is 16.6 Å². The van der Waals surface area contributed by atoms with Crippen LogP contribution < -0.4 is 0 Å². The van der Waals surface area contributed by atoms with Gasteiger partial charge in [0.2, 0.25) is 0 Å². The molecule has 2 aromatic rings. The number of carbonyl (C=O) groups is 1. The van der Waals surface area contributed by atoms with Gasteiger partial charge in [-0.2, -0.15) is 5.10 Å². The molecule has 0 fully saturated rings. The zero-order valence-electron chi connectivity index (χ0n) is 10.6. The minimum absolute atomic E-state index is 0.0576. The van der Waals surface area contributed by atoms with Crippen LogP contribution >= 0.6 is 0 Å². The first kappa shape index (κ1) is 12.9. The number of benzene rings is 1. The molecule has 0 aliphatic carbocycles. The number of carbonyl (C=O) groups excluding carboxylic acids is 1. The van der Waals surface area contributed by atoms with Crippen molar-refractivity contribution in [3.05, 3.63) is 51.3 Å². The third-order valence-electron chi connectivity index (χ3n) is 2.95. The predicted molar refractivity (Wildman–Crippen MR) is 67.3 cm³/mol. The SMILES string of the molecule is Cn1ncnc1/C=C1\OC(=O)c2cc(F)cc([N+](=O)[O-])c21. The summed E-state index contributed by atoms with van der Waals surface area (Å²) in [5.74, 6) is -1.44. The highest BCUT2D eigenvalue weighted by Gasteiger charge is 2.35. The van der Waals surface area contributed by atoms with Gasteiger partial charge in [0, 0.05) is 13.1 Å². The Morgan fingerprint density at radius 3 is 2.86 bits per heavy atom. The van der Waals surface area contributed by atoms with Crippen LogP contribution in [0.25, 0.3) is 11.8 Å². The third-order valence-corrected chi connectivity index (χ3v) is 2.95. The van der Waals surface area contributed by atoms with Crippen molar-refractivity contribution in [2.75, 3.05) is 0 Å². The topological polar surface area (TPSA) is 100 Å². The fourth-order valence-corrected chi connectivity index (χ4v) is 2.02. The maximum atomic E-state index is 13.4. The Morgan fingerprint density at radius 1 is 1.48 bits per heavy atom. The average Bonchev–Trinajstić information content (AvgIpc) is 2.95. The van der Waals surface area contributed by atoms with E-state index in [4.69, 9.17) is 4.74 Å².